The molecule has 1 aliphatic carbocycles. The highest BCUT2D eigenvalue weighted by atomic mass is 15.1. The van der Waals surface area contributed by atoms with Gasteiger partial charge < -0.3 is 21.3 Å². The van der Waals surface area contributed by atoms with Gasteiger partial charge in [-0.1, -0.05) is 0 Å². The zero-order valence-corrected chi connectivity index (χ0v) is 10.4. The van der Waals surface area contributed by atoms with Crippen molar-refractivity contribution >= 4 is 0 Å². The van der Waals surface area contributed by atoms with Gasteiger partial charge in [0.1, 0.15) is 0 Å². The maximum Gasteiger partial charge on any atom is 0.00970 e. The number of rotatable bonds is 5. The molecule has 0 radical (unpaired) electrons. The number of nitrogens with zero attached hydrogens (tertiary/aromatic N) is 1. The van der Waals surface area contributed by atoms with Gasteiger partial charge >= 0.3 is 0 Å². The summed E-state index contributed by atoms with van der Waals surface area (Å²) in [4.78, 5) is 2.41. The van der Waals surface area contributed by atoms with Crippen LogP contribution in [0.1, 0.15) is 25.7 Å². The lowest BCUT2D eigenvalue weighted by atomic mass is 9.88. The molecule has 2 rings (SSSR count). The zero-order valence-electron chi connectivity index (χ0n) is 10.4. The number of nitrogens with one attached hydrogen (secondary N) is 2. The van der Waals surface area contributed by atoms with Gasteiger partial charge in [-0.25, -0.2) is 0 Å². The van der Waals surface area contributed by atoms with E-state index >= 15 is 0 Å². The first kappa shape index (κ1) is 12.3. The molecule has 0 amide bonds. The third-order valence-electron chi connectivity index (χ3n) is 3.88. The van der Waals surface area contributed by atoms with Crippen molar-refractivity contribution in [2.24, 2.45) is 5.73 Å². The SMILES string of the molecule is CN1CCC(NCCNC2CC(N)C2)CC1. The molecule has 2 aliphatic rings. The smallest absolute Gasteiger partial charge is 0.00970 e. The highest BCUT2D eigenvalue weighted by Gasteiger charge is 2.24. The summed E-state index contributed by atoms with van der Waals surface area (Å²) in [6, 6.07) is 1.88. The van der Waals surface area contributed by atoms with Crippen LogP contribution in [0.15, 0.2) is 0 Å². The van der Waals surface area contributed by atoms with E-state index in [0.717, 1.165) is 32.0 Å². The summed E-state index contributed by atoms with van der Waals surface area (Å²) in [5.74, 6) is 0. The van der Waals surface area contributed by atoms with E-state index in [1.807, 2.05) is 0 Å². The van der Waals surface area contributed by atoms with Crippen molar-refractivity contribution in [3.05, 3.63) is 0 Å². The fourth-order valence-corrected chi connectivity index (χ4v) is 2.59. The summed E-state index contributed by atoms with van der Waals surface area (Å²) in [5, 5.41) is 7.18. The predicted octanol–water partition coefficient (Wildman–Crippen LogP) is -0.250. The lowest BCUT2D eigenvalue weighted by Gasteiger charge is -2.34. The molecule has 4 heteroatoms. The molecule has 0 unspecified atom stereocenters. The van der Waals surface area contributed by atoms with Crippen LogP contribution in [0, 0.1) is 0 Å². The van der Waals surface area contributed by atoms with Crippen LogP contribution in [-0.2, 0) is 0 Å². The third kappa shape index (κ3) is 3.70. The largest absolute Gasteiger partial charge is 0.328 e. The predicted molar refractivity (Wildman–Crippen MR) is 67.5 cm³/mol. The average Bonchev–Trinajstić information content (AvgIpc) is 2.24. The molecule has 1 aliphatic heterocycles. The Hall–Kier alpha value is -0.160. The first-order chi connectivity index (χ1) is 7.74. The van der Waals surface area contributed by atoms with E-state index in [1.54, 1.807) is 0 Å². The molecule has 94 valence electrons. The van der Waals surface area contributed by atoms with E-state index in [0.29, 0.717) is 12.1 Å². The maximum absolute atomic E-state index is 5.74. The Labute approximate surface area is 98.9 Å². The third-order valence-corrected chi connectivity index (χ3v) is 3.88. The van der Waals surface area contributed by atoms with E-state index in [1.165, 1.54) is 25.9 Å². The molecular weight excluding hydrogens is 200 g/mol. The standard InChI is InChI=1S/C12H26N4/c1-16-6-2-11(3-7-16)14-4-5-15-12-8-10(13)9-12/h10-12,14-15H,2-9,13H2,1H3. The van der Waals surface area contributed by atoms with Crippen LogP contribution in [0.2, 0.25) is 0 Å². The number of piperidine rings is 1. The fourth-order valence-electron chi connectivity index (χ4n) is 2.59. The molecule has 2 fully saturated rings. The molecule has 1 saturated heterocycles. The Kier molecular flexibility index (Phi) is 4.58. The first-order valence-electron chi connectivity index (χ1n) is 6.65. The second-order valence-corrected chi connectivity index (χ2v) is 5.41. The Morgan fingerprint density at radius 2 is 1.62 bits per heavy atom. The highest BCUT2D eigenvalue weighted by molar-refractivity contribution is 4.87. The van der Waals surface area contributed by atoms with Crippen molar-refractivity contribution in [2.45, 2.75) is 43.8 Å². The summed E-state index contributed by atoms with van der Waals surface area (Å²) < 4.78 is 0. The number of hydrogen-bond donors (Lipinski definition) is 3. The summed E-state index contributed by atoms with van der Waals surface area (Å²) in [5.41, 5.74) is 5.74. The molecule has 4 nitrogen and oxygen atoms in total. The molecule has 1 heterocycles. The normalized spacial score (nSPS) is 32.6. The van der Waals surface area contributed by atoms with Crippen LogP contribution in [0.5, 0.6) is 0 Å². The minimum absolute atomic E-state index is 0.458. The summed E-state index contributed by atoms with van der Waals surface area (Å²) in [6.07, 6.45) is 4.91. The van der Waals surface area contributed by atoms with Gasteiger partial charge in [-0.3, -0.25) is 0 Å². The maximum atomic E-state index is 5.74. The van der Waals surface area contributed by atoms with Gasteiger partial charge in [-0.2, -0.15) is 0 Å². The number of likely N-dealkylation sites (tertiary alicyclic amines) is 1. The number of hydrogen-bond acceptors (Lipinski definition) is 4. The minimum Gasteiger partial charge on any atom is -0.328 e. The molecule has 0 atom stereocenters. The van der Waals surface area contributed by atoms with E-state index < -0.39 is 0 Å². The zero-order chi connectivity index (χ0) is 11.4. The first-order valence-corrected chi connectivity index (χ1v) is 6.65. The summed E-state index contributed by atoms with van der Waals surface area (Å²) in [7, 11) is 2.21. The van der Waals surface area contributed by atoms with Crippen molar-refractivity contribution in [1.82, 2.24) is 15.5 Å². The second-order valence-electron chi connectivity index (χ2n) is 5.41. The molecule has 0 aromatic heterocycles. The van der Waals surface area contributed by atoms with Gasteiger partial charge in [0.15, 0.2) is 0 Å². The van der Waals surface area contributed by atoms with E-state index in [-0.39, 0.29) is 0 Å². The Balaban J connectivity index is 1.45. The average molecular weight is 226 g/mol. The highest BCUT2D eigenvalue weighted by Crippen LogP contribution is 2.16. The summed E-state index contributed by atoms with van der Waals surface area (Å²) >= 11 is 0. The van der Waals surface area contributed by atoms with Gasteiger partial charge in [0.25, 0.3) is 0 Å². The molecule has 0 aromatic carbocycles. The second kappa shape index (κ2) is 5.96. The Morgan fingerprint density at radius 1 is 1.06 bits per heavy atom. The van der Waals surface area contributed by atoms with Gasteiger partial charge in [0.2, 0.25) is 0 Å². The molecule has 4 N–H and O–H groups in total. The Morgan fingerprint density at radius 3 is 2.19 bits per heavy atom. The van der Waals surface area contributed by atoms with Crippen molar-refractivity contribution < 1.29 is 0 Å². The van der Waals surface area contributed by atoms with Crippen LogP contribution in [-0.4, -0.2) is 56.3 Å². The lowest BCUT2D eigenvalue weighted by Crippen LogP contribution is -2.50. The van der Waals surface area contributed by atoms with E-state index in [4.69, 9.17) is 5.73 Å². The number of nitrogens with two attached hydrogens (primary N) is 1. The topological polar surface area (TPSA) is 53.3 Å². The van der Waals surface area contributed by atoms with Crippen molar-refractivity contribution in [1.29, 1.82) is 0 Å². The van der Waals surface area contributed by atoms with Gasteiger partial charge in [-0.05, 0) is 45.8 Å². The van der Waals surface area contributed by atoms with E-state index in [9.17, 15) is 0 Å². The van der Waals surface area contributed by atoms with Gasteiger partial charge in [0.05, 0.1) is 0 Å². The van der Waals surface area contributed by atoms with Crippen LogP contribution in [0.4, 0.5) is 0 Å². The van der Waals surface area contributed by atoms with E-state index in [2.05, 4.69) is 22.6 Å². The van der Waals surface area contributed by atoms with Gasteiger partial charge in [-0.15, -0.1) is 0 Å². The van der Waals surface area contributed by atoms with Crippen LogP contribution in [0.25, 0.3) is 0 Å². The Bertz CT molecular complexity index is 195. The molecule has 16 heavy (non-hydrogen) atoms. The van der Waals surface area contributed by atoms with Crippen LogP contribution >= 0.6 is 0 Å². The molecule has 0 bridgehead atoms. The quantitative estimate of drug-likeness (QED) is 0.566. The van der Waals surface area contributed by atoms with Crippen LogP contribution in [0.3, 0.4) is 0 Å². The lowest BCUT2D eigenvalue weighted by molar-refractivity contribution is 0.232. The minimum atomic E-state index is 0.458. The molecular formula is C12H26N4. The molecule has 0 spiro atoms. The monoisotopic (exact) mass is 226 g/mol. The molecule has 1 saturated carbocycles. The van der Waals surface area contributed by atoms with Crippen molar-refractivity contribution in [3.8, 4) is 0 Å². The van der Waals surface area contributed by atoms with Crippen molar-refractivity contribution in [3.63, 3.8) is 0 Å². The molecule has 0 aromatic rings. The van der Waals surface area contributed by atoms with Crippen LogP contribution < -0.4 is 16.4 Å². The fraction of sp³-hybridized carbons (Fsp3) is 1.00. The van der Waals surface area contributed by atoms with Gasteiger partial charge in [0, 0.05) is 31.2 Å². The van der Waals surface area contributed by atoms with Crippen molar-refractivity contribution in [2.75, 3.05) is 33.2 Å². The summed E-state index contributed by atoms with van der Waals surface area (Å²) in [6.45, 7) is 4.66.